The summed E-state index contributed by atoms with van der Waals surface area (Å²) in [5.74, 6) is -0.347. The van der Waals surface area contributed by atoms with Crippen molar-refractivity contribution in [2.24, 2.45) is 5.73 Å². The highest BCUT2D eigenvalue weighted by molar-refractivity contribution is 6.04. The van der Waals surface area contributed by atoms with Crippen LogP contribution in [0.5, 0.6) is 0 Å². The van der Waals surface area contributed by atoms with Gasteiger partial charge in [-0.15, -0.1) is 0 Å². The number of hydrogen-bond acceptors (Lipinski definition) is 3. The molecule has 25 heavy (non-hydrogen) atoms. The van der Waals surface area contributed by atoms with Crippen LogP contribution in [0.4, 0.5) is 4.79 Å². The predicted molar refractivity (Wildman–Crippen MR) is 94.5 cm³/mol. The Morgan fingerprint density at radius 3 is 2.92 bits per heavy atom. The summed E-state index contributed by atoms with van der Waals surface area (Å²) in [6, 6.07) is 5.22. The minimum atomic E-state index is -0.447. The number of carbonyl (C=O) groups excluding carboxylic acids is 2. The molecule has 6 nitrogen and oxygen atoms in total. The molecule has 1 saturated heterocycles. The van der Waals surface area contributed by atoms with Crippen LogP contribution in [-0.2, 0) is 17.6 Å². The largest absolute Gasteiger partial charge is 0.460 e. The average Bonchev–Trinajstić information content (AvgIpc) is 3.23. The lowest BCUT2D eigenvalue weighted by molar-refractivity contribution is 0.0424. The molecule has 0 saturated carbocycles. The molecule has 0 radical (unpaired) electrons. The van der Waals surface area contributed by atoms with E-state index in [0.29, 0.717) is 12.1 Å². The number of aromatic amines is 1. The van der Waals surface area contributed by atoms with Crippen LogP contribution in [0.3, 0.4) is 0 Å². The Hall–Kier alpha value is -2.50. The summed E-state index contributed by atoms with van der Waals surface area (Å²) < 4.78 is 5.52. The van der Waals surface area contributed by atoms with Gasteiger partial charge in [0.1, 0.15) is 6.61 Å². The Bertz CT molecular complexity index is 827. The quantitative estimate of drug-likeness (QED) is 0.841. The van der Waals surface area contributed by atoms with Crippen molar-refractivity contribution >= 4 is 22.9 Å². The van der Waals surface area contributed by atoms with Crippen molar-refractivity contribution < 1.29 is 14.3 Å². The average molecular weight is 341 g/mol. The van der Waals surface area contributed by atoms with E-state index in [1.165, 1.54) is 24.1 Å². The van der Waals surface area contributed by atoms with Gasteiger partial charge in [0.15, 0.2) is 0 Å². The number of nitrogens with two attached hydrogens (primary N) is 1. The number of hydrogen-bond donors (Lipinski definition) is 2. The van der Waals surface area contributed by atoms with Crippen molar-refractivity contribution in [3.05, 3.63) is 35.0 Å². The topological polar surface area (TPSA) is 88.4 Å². The summed E-state index contributed by atoms with van der Waals surface area (Å²) in [5, 5.41) is 1.13. The summed E-state index contributed by atoms with van der Waals surface area (Å²) in [7, 11) is 0. The van der Waals surface area contributed by atoms with E-state index in [2.05, 4.69) is 11.1 Å². The number of primary amides is 1. The molecule has 0 spiro atoms. The van der Waals surface area contributed by atoms with Gasteiger partial charge < -0.3 is 20.4 Å². The third-order valence-corrected chi connectivity index (χ3v) is 5.42. The number of rotatable bonds is 3. The number of amides is 2. The maximum Gasteiger partial charge on any atom is 0.340 e. The Morgan fingerprint density at radius 2 is 2.08 bits per heavy atom. The maximum absolute atomic E-state index is 12.6. The molecule has 2 amide bonds. The Morgan fingerprint density at radius 1 is 1.24 bits per heavy atom. The minimum absolute atomic E-state index is 0.113. The van der Waals surface area contributed by atoms with Crippen LogP contribution < -0.4 is 5.73 Å². The summed E-state index contributed by atoms with van der Waals surface area (Å²) in [6.45, 7) is 0.828. The third kappa shape index (κ3) is 2.86. The van der Waals surface area contributed by atoms with E-state index in [1.807, 2.05) is 6.07 Å². The summed E-state index contributed by atoms with van der Waals surface area (Å²) in [5.41, 5.74) is 9.40. The van der Waals surface area contributed by atoms with Gasteiger partial charge in [0.05, 0.1) is 17.1 Å². The van der Waals surface area contributed by atoms with Crippen molar-refractivity contribution in [3.8, 4) is 0 Å². The minimum Gasteiger partial charge on any atom is -0.460 e. The van der Waals surface area contributed by atoms with Crippen LogP contribution in [0, 0.1) is 0 Å². The molecule has 6 heteroatoms. The van der Waals surface area contributed by atoms with Crippen molar-refractivity contribution in [2.45, 2.75) is 44.6 Å². The van der Waals surface area contributed by atoms with Gasteiger partial charge in [0, 0.05) is 17.6 Å². The van der Waals surface area contributed by atoms with E-state index >= 15 is 0 Å². The van der Waals surface area contributed by atoms with Crippen LogP contribution in [0.25, 0.3) is 10.9 Å². The molecule has 1 aromatic heterocycles. The molecule has 132 valence electrons. The first-order chi connectivity index (χ1) is 12.1. The molecule has 4 rings (SSSR count). The fourth-order valence-electron chi connectivity index (χ4n) is 4.15. The van der Waals surface area contributed by atoms with Crippen LogP contribution >= 0.6 is 0 Å². The molecule has 3 N–H and O–H groups in total. The highest BCUT2D eigenvalue weighted by atomic mass is 16.5. The van der Waals surface area contributed by atoms with E-state index < -0.39 is 6.03 Å². The lowest BCUT2D eigenvalue weighted by Gasteiger charge is -2.22. The molecule has 1 fully saturated rings. The first kappa shape index (κ1) is 16.0. The van der Waals surface area contributed by atoms with Crippen LogP contribution in [0.2, 0.25) is 0 Å². The molecule has 1 aliphatic carbocycles. The van der Waals surface area contributed by atoms with Gasteiger partial charge in [0.2, 0.25) is 0 Å². The standard InChI is InChI=1S/C19H23N3O3/c20-19(24)22-10-4-5-12(22)11-25-18(23)15-8-3-7-14-13-6-1-2-9-16(13)21-17(14)15/h3,7-8,12,21H,1-2,4-6,9-11H2,(H2,20,24)/t12-/m0/s1. The second kappa shape index (κ2) is 6.43. The van der Waals surface area contributed by atoms with Gasteiger partial charge in [-0.05, 0) is 50.2 Å². The zero-order valence-electron chi connectivity index (χ0n) is 14.2. The van der Waals surface area contributed by atoms with Crippen LogP contribution in [0.1, 0.15) is 47.3 Å². The van der Waals surface area contributed by atoms with Crippen molar-refractivity contribution in [1.82, 2.24) is 9.88 Å². The number of ether oxygens (including phenoxy) is 1. The van der Waals surface area contributed by atoms with Crippen molar-refractivity contribution in [3.63, 3.8) is 0 Å². The number of carbonyl (C=O) groups is 2. The fourth-order valence-corrected chi connectivity index (χ4v) is 4.15. The van der Waals surface area contributed by atoms with Gasteiger partial charge in [-0.25, -0.2) is 9.59 Å². The van der Waals surface area contributed by atoms with Gasteiger partial charge >= 0.3 is 12.0 Å². The van der Waals surface area contributed by atoms with E-state index in [1.54, 1.807) is 11.0 Å². The Balaban J connectivity index is 1.54. The van der Waals surface area contributed by atoms with E-state index in [-0.39, 0.29) is 18.6 Å². The number of aryl methyl sites for hydroxylation is 2. The van der Waals surface area contributed by atoms with Gasteiger partial charge in [-0.1, -0.05) is 12.1 Å². The highest BCUT2D eigenvalue weighted by Crippen LogP contribution is 2.31. The van der Waals surface area contributed by atoms with Gasteiger partial charge in [0.25, 0.3) is 0 Å². The number of para-hydroxylation sites is 1. The van der Waals surface area contributed by atoms with Crippen LogP contribution in [0.15, 0.2) is 18.2 Å². The summed E-state index contributed by atoms with van der Waals surface area (Å²) in [6.07, 6.45) is 6.18. The molecule has 2 heterocycles. The van der Waals surface area contributed by atoms with Crippen LogP contribution in [-0.4, -0.2) is 41.1 Å². The Kier molecular flexibility index (Phi) is 4.11. The number of aromatic nitrogens is 1. The van der Waals surface area contributed by atoms with E-state index in [9.17, 15) is 9.59 Å². The molecule has 1 aromatic carbocycles. The molecule has 2 aromatic rings. The third-order valence-electron chi connectivity index (χ3n) is 5.42. The molecule has 1 atom stereocenters. The summed E-state index contributed by atoms with van der Waals surface area (Å²) >= 11 is 0. The molecule has 1 aliphatic heterocycles. The molecule has 0 unspecified atom stereocenters. The zero-order valence-corrected chi connectivity index (χ0v) is 14.2. The van der Waals surface area contributed by atoms with E-state index in [0.717, 1.165) is 36.6 Å². The van der Waals surface area contributed by atoms with Crippen molar-refractivity contribution in [2.75, 3.05) is 13.2 Å². The number of nitrogens with one attached hydrogen (secondary N) is 1. The molecular weight excluding hydrogens is 318 g/mol. The number of nitrogens with zero attached hydrogens (tertiary/aromatic N) is 1. The molecular formula is C19H23N3O3. The van der Waals surface area contributed by atoms with Gasteiger partial charge in [-0.3, -0.25) is 0 Å². The SMILES string of the molecule is NC(=O)N1CCC[C@H]1COC(=O)c1cccc2c3c([nH]c12)CCCC3. The van der Waals surface area contributed by atoms with Gasteiger partial charge in [-0.2, -0.15) is 0 Å². The Labute approximate surface area is 146 Å². The number of benzene rings is 1. The van der Waals surface area contributed by atoms with Crippen molar-refractivity contribution in [1.29, 1.82) is 0 Å². The lowest BCUT2D eigenvalue weighted by Crippen LogP contribution is -2.41. The summed E-state index contributed by atoms with van der Waals surface area (Å²) in [4.78, 5) is 29.1. The molecule has 0 bridgehead atoms. The second-order valence-electron chi connectivity index (χ2n) is 6.94. The number of fused-ring (bicyclic) bond motifs is 3. The normalized spacial score (nSPS) is 19.8. The molecule has 2 aliphatic rings. The number of H-pyrrole nitrogens is 1. The monoisotopic (exact) mass is 341 g/mol. The highest BCUT2D eigenvalue weighted by Gasteiger charge is 2.29. The smallest absolute Gasteiger partial charge is 0.340 e. The van der Waals surface area contributed by atoms with E-state index in [4.69, 9.17) is 10.5 Å². The second-order valence-corrected chi connectivity index (χ2v) is 6.94. The zero-order chi connectivity index (χ0) is 17.4. The first-order valence-electron chi connectivity index (χ1n) is 9.01. The number of esters is 1. The predicted octanol–water partition coefficient (Wildman–Crippen LogP) is 2.75. The number of urea groups is 1. The lowest BCUT2D eigenvalue weighted by atomic mass is 9.95. The number of likely N-dealkylation sites (tertiary alicyclic amines) is 1. The maximum atomic E-state index is 12.6. The first-order valence-corrected chi connectivity index (χ1v) is 9.01. The fraction of sp³-hybridized carbons (Fsp3) is 0.474.